The maximum Gasteiger partial charge on any atom is 0.237 e. The molecule has 3 aliphatic rings. The van der Waals surface area contributed by atoms with E-state index in [1.165, 1.54) is 4.90 Å². The SMILES string of the molecule is O=C1[C@H]2CCCC[C@@H]2C(=O)N1C[NH+]1CCN(c2ncccn2)CC1. The van der Waals surface area contributed by atoms with Crippen molar-refractivity contribution in [2.45, 2.75) is 25.7 Å². The van der Waals surface area contributed by atoms with Gasteiger partial charge in [-0.05, 0) is 18.9 Å². The standard InChI is InChI=1S/C17H23N5O2/c23-15-13-4-1-2-5-14(13)16(24)22(15)12-20-8-10-21(11-9-20)17-18-6-3-7-19-17/h3,6-7,13-14H,1-2,4-5,8-12H2/p+1/t13-,14-/m0/s1. The van der Waals surface area contributed by atoms with Crippen LogP contribution >= 0.6 is 0 Å². The largest absolute Gasteiger partial charge is 0.330 e. The van der Waals surface area contributed by atoms with Crippen LogP contribution in [0.5, 0.6) is 0 Å². The molecule has 128 valence electrons. The summed E-state index contributed by atoms with van der Waals surface area (Å²) < 4.78 is 0. The summed E-state index contributed by atoms with van der Waals surface area (Å²) in [6.45, 7) is 4.01. The van der Waals surface area contributed by atoms with Crippen molar-refractivity contribution in [1.82, 2.24) is 14.9 Å². The monoisotopic (exact) mass is 330 g/mol. The highest BCUT2D eigenvalue weighted by Gasteiger charge is 2.49. The number of amides is 2. The van der Waals surface area contributed by atoms with Gasteiger partial charge in [-0.25, -0.2) is 14.9 Å². The Kier molecular flexibility index (Phi) is 4.18. The normalized spacial score (nSPS) is 28.3. The number of hydrogen-bond acceptors (Lipinski definition) is 5. The average Bonchev–Trinajstić information content (AvgIpc) is 2.88. The van der Waals surface area contributed by atoms with Gasteiger partial charge in [0.15, 0.2) is 6.67 Å². The topological polar surface area (TPSA) is 70.8 Å². The highest BCUT2D eigenvalue weighted by atomic mass is 16.2. The lowest BCUT2D eigenvalue weighted by Crippen LogP contribution is -3.16. The maximum atomic E-state index is 12.6. The van der Waals surface area contributed by atoms with Crippen molar-refractivity contribution in [3.8, 4) is 0 Å². The number of fused-ring (bicyclic) bond motifs is 1. The molecule has 0 spiro atoms. The van der Waals surface area contributed by atoms with Crippen molar-refractivity contribution in [2.75, 3.05) is 37.7 Å². The molecular formula is C17H24N5O2+. The van der Waals surface area contributed by atoms with Crippen molar-refractivity contribution >= 4 is 17.8 Å². The van der Waals surface area contributed by atoms with E-state index >= 15 is 0 Å². The van der Waals surface area contributed by atoms with Crippen LogP contribution in [0.15, 0.2) is 18.5 Å². The Morgan fingerprint density at radius 2 is 1.58 bits per heavy atom. The first-order valence-electron chi connectivity index (χ1n) is 8.95. The van der Waals surface area contributed by atoms with E-state index in [4.69, 9.17) is 0 Å². The lowest BCUT2D eigenvalue weighted by molar-refractivity contribution is -0.908. The molecule has 2 amide bonds. The fourth-order valence-corrected chi connectivity index (χ4v) is 4.25. The molecule has 7 nitrogen and oxygen atoms in total. The number of anilines is 1. The molecule has 0 radical (unpaired) electrons. The molecule has 3 fully saturated rings. The molecule has 1 N–H and O–H groups in total. The molecule has 7 heteroatoms. The van der Waals surface area contributed by atoms with E-state index in [0.717, 1.165) is 57.8 Å². The van der Waals surface area contributed by atoms with Crippen LogP contribution in [0.4, 0.5) is 5.95 Å². The molecule has 1 aromatic rings. The fraction of sp³-hybridized carbons (Fsp3) is 0.647. The van der Waals surface area contributed by atoms with Crippen LogP contribution in [0.3, 0.4) is 0 Å². The molecule has 24 heavy (non-hydrogen) atoms. The first-order chi connectivity index (χ1) is 11.7. The molecule has 1 saturated carbocycles. The third kappa shape index (κ3) is 2.77. The number of carbonyl (C=O) groups is 2. The van der Waals surface area contributed by atoms with Crippen LogP contribution in [-0.4, -0.2) is 59.5 Å². The van der Waals surface area contributed by atoms with Gasteiger partial charge in [-0.1, -0.05) is 12.8 Å². The molecule has 1 aromatic heterocycles. The number of rotatable bonds is 3. The minimum Gasteiger partial charge on any atom is -0.330 e. The van der Waals surface area contributed by atoms with E-state index in [0.29, 0.717) is 6.67 Å². The Morgan fingerprint density at radius 1 is 1.00 bits per heavy atom. The summed E-state index contributed by atoms with van der Waals surface area (Å²) in [6, 6.07) is 1.81. The third-order valence-corrected chi connectivity index (χ3v) is 5.62. The van der Waals surface area contributed by atoms with E-state index in [9.17, 15) is 9.59 Å². The minimum absolute atomic E-state index is 0.0374. The Hall–Kier alpha value is -2.02. The van der Waals surface area contributed by atoms with Gasteiger partial charge in [0.1, 0.15) is 0 Å². The Bertz CT molecular complexity index is 591. The van der Waals surface area contributed by atoms with Crippen molar-refractivity contribution in [2.24, 2.45) is 11.8 Å². The van der Waals surface area contributed by atoms with Crippen LogP contribution in [0.2, 0.25) is 0 Å². The Balaban J connectivity index is 1.35. The highest BCUT2D eigenvalue weighted by molar-refractivity contribution is 6.05. The molecule has 2 atom stereocenters. The number of piperazine rings is 1. The molecule has 0 bridgehead atoms. The molecule has 2 saturated heterocycles. The summed E-state index contributed by atoms with van der Waals surface area (Å²) in [4.78, 5) is 38.7. The number of nitrogens with one attached hydrogen (secondary N) is 1. The predicted octanol–water partition coefficient (Wildman–Crippen LogP) is -0.686. The number of imide groups is 1. The summed E-state index contributed by atoms with van der Waals surface area (Å²) in [7, 11) is 0. The van der Waals surface area contributed by atoms with E-state index < -0.39 is 0 Å². The summed E-state index contributed by atoms with van der Waals surface area (Å²) in [6.07, 6.45) is 7.45. The van der Waals surface area contributed by atoms with Crippen LogP contribution < -0.4 is 9.80 Å². The third-order valence-electron chi connectivity index (χ3n) is 5.62. The molecular weight excluding hydrogens is 306 g/mol. The van der Waals surface area contributed by atoms with Gasteiger partial charge in [-0.3, -0.25) is 9.59 Å². The van der Waals surface area contributed by atoms with E-state index in [-0.39, 0.29) is 23.7 Å². The second-order valence-corrected chi connectivity index (χ2v) is 7.05. The van der Waals surface area contributed by atoms with Crippen LogP contribution in [0.25, 0.3) is 0 Å². The summed E-state index contributed by atoms with van der Waals surface area (Å²) in [5.74, 6) is 0.835. The van der Waals surface area contributed by atoms with Gasteiger partial charge in [-0.2, -0.15) is 0 Å². The molecule has 4 rings (SSSR count). The van der Waals surface area contributed by atoms with Crippen LogP contribution in [-0.2, 0) is 9.59 Å². The second-order valence-electron chi connectivity index (χ2n) is 7.05. The molecule has 3 heterocycles. The smallest absolute Gasteiger partial charge is 0.237 e. The van der Waals surface area contributed by atoms with Crippen molar-refractivity contribution in [3.05, 3.63) is 18.5 Å². The number of carbonyl (C=O) groups excluding carboxylic acids is 2. The summed E-state index contributed by atoms with van der Waals surface area (Å²) in [5, 5.41) is 0. The minimum atomic E-state index is -0.0374. The van der Waals surface area contributed by atoms with E-state index in [1.807, 2.05) is 6.07 Å². The predicted molar refractivity (Wildman–Crippen MR) is 87.1 cm³/mol. The van der Waals surface area contributed by atoms with Gasteiger partial charge >= 0.3 is 0 Å². The van der Waals surface area contributed by atoms with Crippen LogP contribution in [0, 0.1) is 11.8 Å². The second kappa shape index (κ2) is 6.47. The lowest BCUT2D eigenvalue weighted by atomic mass is 9.81. The lowest BCUT2D eigenvalue weighted by Gasteiger charge is -2.33. The average molecular weight is 330 g/mol. The van der Waals surface area contributed by atoms with Crippen molar-refractivity contribution in [1.29, 1.82) is 0 Å². The van der Waals surface area contributed by atoms with E-state index in [2.05, 4.69) is 14.9 Å². The Morgan fingerprint density at radius 3 is 2.17 bits per heavy atom. The van der Waals surface area contributed by atoms with Crippen molar-refractivity contribution in [3.63, 3.8) is 0 Å². The number of hydrogen-bond donors (Lipinski definition) is 1. The zero-order valence-corrected chi connectivity index (χ0v) is 13.9. The first kappa shape index (κ1) is 15.5. The number of nitrogens with zero attached hydrogens (tertiary/aromatic N) is 4. The quantitative estimate of drug-likeness (QED) is 0.743. The molecule has 0 aromatic carbocycles. The first-order valence-corrected chi connectivity index (χ1v) is 8.95. The molecule has 2 aliphatic heterocycles. The zero-order chi connectivity index (χ0) is 16.5. The zero-order valence-electron chi connectivity index (χ0n) is 13.9. The van der Waals surface area contributed by atoms with E-state index in [1.54, 1.807) is 17.3 Å². The van der Waals surface area contributed by atoms with Gasteiger partial charge in [0.05, 0.1) is 38.0 Å². The molecule has 0 unspecified atom stereocenters. The summed E-state index contributed by atoms with van der Waals surface area (Å²) >= 11 is 0. The van der Waals surface area contributed by atoms with Crippen molar-refractivity contribution < 1.29 is 14.5 Å². The van der Waals surface area contributed by atoms with Gasteiger partial charge < -0.3 is 9.80 Å². The summed E-state index contributed by atoms with van der Waals surface area (Å²) in [5.41, 5.74) is 0. The van der Waals surface area contributed by atoms with Gasteiger partial charge in [0, 0.05) is 12.4 Å². The molecule has 1 aliphatic carbocycles. The Labute approximate surface area is 141 Å². The van der Waals surface area contributed by atoms with Crippen LogP contribution in [0.1, 0.15) is 25.7 Å². The fourth-order valence-electron chi connectivity index (χ4n) is 4.25. The number of likely N-dealkylation sites (tertiary alicyclic amines) is 1. The maximum absolute atomic E-state index is 12.6. The number of quaternary nitrogens is 1. The van der Waals surface area contributed by atoms with Gasteiger partial charge in [0.25, 0.3) is 0 Å². The number of aromatic nitrogens is 2. The van der Waals surface area contributed by atoms with Gasteiger partial charge in [0.2, 0.25) is 17.8 Å². The van der Waals surface area contributed by atoms with Gasteiger partial charge in [-0.15, -0.1) is 0 Å². The highest BCUT2D eigenvalue weighted by Crippen LogP contribution is 2.37.